The number of halogens is 2. The summed E-state index contributed by atoms with van der Waals surface area (Å²) < 4.78 is 5.51. The number of amides is 1. The zero-order chi connectivity index (χ0) is 18.5. The number of thioether (sulfide) groups is 1. The summed E-state index contributed by atoms with van der Waals surface area (Å²) in [5.74, 6) is 1.15. The van der Waals surface area contributed by atoms with Crippen LogP contribution in [0, 0.1) is 0 Å². The first-order valence-electron chi connectivity index (χ1n) is 7.87. The molecule has 0 aliphatic rings. The van der Waals surface area contributed by atoms with E-state index in [1.165, 1.54) is 17.7 Å². The Hall–Kier alpha value is -1.95. The predicted octanol–water partition coefficient (Wildman–Crippen LogP) is 4.76. The molecule has 0 radical (unpaired) electrons. The maximum atomic E-state index is 12.2. The van der Waals surface area contributed by atoms with Gasteiger partial charge < -0.3 is 9.73 Å². The third kappa shape index (κ3) is 4.81. The Balaban J connectivity index is 1.53. The molecule has 4 nitrogen and oxygen atoms in total. The predicted molar refractivity (Wildman–Crippen MR) is 107 cm³/mol. The second kappa shape index (κ2) is 8.62. The van der Waals surface area contributed by atoms with E-state index in [9.17, 15) is 9.59 Å². The summed E-state index contributed by atoms with van der Waals surface area (Å²) in [6.45, 7) is 0.472. The summed E-state index contributed by atoms with van der Waals surface area (Å²) in [6, 6.07) is 13.6. The van der Waals surface area contributed by atoms with Crippen molar-refractivity contribution in [2.75, 3.05) is 12.3 Å². The first-order chi connectivity index (χ1) is 12.5. The van der Waals surface area contributed by atoms with E-state index < -0.39 is 5.91 Å². The summed E-state index contributed by atoms with van der Waals surface area (Å²) in [6.07, 6.45) is 0. The van der Waals surface area contributed by atoms with Crippen molar-refractivity contribution in [3.05, 3.63) is 80.1 Å². The van der Waals surface area contributed by atoms with E-state index >= 15 is 0 Å². The van der Waals surface area contributed by atoms with Gasteiger partial charge in [-0.3, -0.25) is 9.59 Å². The SMILES string of the molecule is O=C(NCCSCc1ccc(Cl)cc1)c1cc(=O)c2cc(Cl)ccc2o1. The molecule has 26 heavy (non-hydrogen) atoms. The normalized spacial score (nSPS) is 10.8. The Labute approximate surface area is 164 Å². The number of fused-ring (bicyclic) bond motifs is 1. The molecule has 1 heterocycles. The van der Waals surface area contributed by atoms with Gasteiger partial charge in [0.15, 0.2) is 11.2 Å². The average Bonchev–Trinajstić information content (AvgIpc) is 2.63. The number of nitrogens with one attached hydrogen (secondary N) is 1. The lowest BCUT2D eigenvalue weighted by Gasteiger charge is -2.06. The monoisotopic (exact) mass is 407 g/mol. The summed E-state index contributed by atoms with van der Waals surface area (Å²) in [5.41, 5.74) is 1.21. The topological polar surface area (TPSA) is 59.3 Å². The highest BCUT2D eigenvalue weighted by molar-refractivity contribution is 7.98. The number of carbonyl (C=O) groups excluding carboxylic acids is 1. The number of hydrogen-bond acceptors (Lipinski definition) is 4. The first kappa shape index (κ1) is 18.8. The van der Waals surface area contributed by atoms with Gasteiger partial charge in [0.2, 0.25) is 0 Å². The Kier molecular flexibility index (Phi) is 6.25. The van der Waals surface area contributed by atoms with Gasteiger partial charge in [-0.1, -0.05) is 35.3 Å². The van der Waals surface area contributed by atoms with Crippen LogP contribution in [0.15, 0.2) is 57.7 Å². The zero-order valence-electron chi connectivity index (χ0n) is 13.6. The highest BCUT2D eigenvalue weighted by Gasteiger charge is 2.12. The number of rotatable bonds is 6. The molecule has 2 aromatic carbocycles. The van der Waals surface area contributed by atoms with Crippen LogP contribution in [-0.4, -0.2) is 18.2 Å². The van der Waals surface area contributed by atoms with Crippen LogP contribution in [-0.2, 0) is 5.75 Å². The Bertz CT molecular complexity index is 986. The van der Waals surface area contributed by atoms with Crippen molar-refractivity contribution in [2.24, 2.45) is 0 Å². The molecular weight excluding hydrogens is 393 g/mol. The van der Waals surface area contributed by atoms with Crippen LogP contribution in [0.1, 0.15) is 16.1 Å². The Morgan fingerprint density at radius 3 is 2.54 bits per heavy atom. The van der Waals surface area contributed by atoms with Crippen molar-refractivity contribution in [3.63, 3.8) is 0 Å². The van der Waals surface area contributed by atoms with Gasteiger partial charge >= 0.3 is 0 Å². The Morgan fingerprint density at radius 1 is 1.04 bits per heavy atom. The van der Waals surface area contributed by atoms with E-state index in [-0.39, 0.29) is 11.2 Å². The van der Waals surface area contributed by atoms with Crippen LogP contribution in [0.4, 0.5) is 0 Å². The van der Waals surface area contributed by atoms with Gasteiger partial charge in [0, 0.05) is 34.2 Å². The maximum absolute atomic E-state index is 12.2. The molecule has 0 aliphatic heterocycles. The minimum atomic E-state index is -0.411. The lowest BCUT2D eigenvalue weighted by atomic mass is 10.2. The summed E-state index contributed by atoms with van der Waals surface area (Å²) >= 11 is 13.4. The van der Waals surface area contributed by atoms with Gasteiger partial charge in [0.05, 0.1) is 5.39 Å². The third-order valence-corrected chi connectivity index (χ3v) is 5.14. The average molecular weight is 408 g/mol. The first-order valence-corrected chi connectivity index (χ1v) is 9.78. The molecule has 0 spiro atoms. The maximum Gasteiger partial charge on any atom is 0.287 e. The molecule has 1 aromatic heterocycles. The molecule has 0 unspecified atom stereocenters. The molecule has 0 saturated heterocycles. The molecule has 3 aromatic rings. The van der Waals surface area contributed by atoms with Crippen molar-refractivity contribution in [2.45, 2.75) is 5.75 Å². The van der Waals surface area contributed by atoms with Gasteiger partial charge in [0.25, 0.3) is 5.91 Å². The van der Waals surface area contributed by atoms with Crippen LogP contribution < -0.4 is 10.7 Å². The van der Waals surface area contributed by atoms with Gasteiger partial charge in [-0.15, -0.1) is 0 Å². The molecule has 3 rings (SSSR count). The quantitative estimate of drug-likeness (QED) is 0.598. The van der Waals surface area contributed by atoms with Crippen LogP contribution in [0.25, 0.3) is 11.0 Å². The van der Waals surface area contributed by atoms with E-state index in [2.05, 4.69) is 5.32 Å². The molecule has 0 bridgehead atoms. The van der Waals surface area contributed by atoms with E-state index in [1.807, 2.05) is 24.3 Å². The lowest BCUT2D eigenvalue weighted by molar-refractivity contribution is 0.0929. The molecule has 0 fully saturated rings. The number of carbonyl (C=O) groups is 1. The fraction of sp³-hybridized carbons (Fsp3) is 0.158. The lowest BCUT2D eigenvalue weighted by Crippen LogP contribution is -2.26. The van der Waals surface area contributed by atoms with Crippen molar-refractivity contribution in [1.82, 2.24) is 5.32 Å². The second-order valence-electron chi connectivity index (χ2n) is 5.55. The van der Waals surface area contributed by atoms with E-state index in [1.54, 1.807) is 23.9 Å². The molecule has 0 atom stereocenters. The largest absolute Gasteiger partial charge is 0.451 e. The minimum Gasteiger partial charge on any atom is -0.451 e. The van der Waals surface area contributed by atoms with Gasteiger partial charge in [-0.05, 0) is 35.9 Å². The Morgan fingerprint density at radius 2 is 1.77 bits per heavy atom. The molecule has 0 saturated carbocycles. The smallest absolute Gasteiger partial charge is 0.287 e. The van der Waals surface area contributed by atoms with Crippen molar-refractivity contribution in [1.29, 1.82) is 0 Å². The molecular formula is C19H15Cl2NO3S. The highest BCUT2D eigenvalue weighted by atomic mass is 35.5. The van der Waals surface area contributed by atoms with Gasteiger partial charge in [-0.25, -0.2) is 0 Å². The van der Waals surface area contributed by atoms with Crippen LogP contribution in [0.2, 0.25) is 10.0 Å². The van der Waals surface area contributed by atoms with Crippen molar-refractivity contribution < 1.29 is 9.21 Å². The zero-order valence-corrected chi connectivity index (χ0v) is 16.0. The fourth-order valence-corrected chi connectivity index (χ4v) is 3.45. The van der Waals surface area contributed by atoms with E-state index in [0.29, 0.717) is 27.6 Å². The number of hydrogen-bond donors (Lipinski definition) is 1. The van der Waals surface area contributed by atoms with Gasteiger partial charge in [-0.2, -0.15) is 11.8 Å². The fourth-order valence-electron chi connectivity index (χ4n) is 2.33. The van der Waals surface area contributed by atoms with Crippen LogP contribution >= 0.6 is 35.0 Å². The molecule has 1 amide bonds. The highest BCUT2D eigenvalue weighted by Crippen LogP contribution is 2.18. The molecule has 7 heteroatoms. The molecule has 0 aliphatic carbocycles. The summed E-state index contributed by atoms with van der Waals surface area (Å²) in [4.78, 5) is 24.3. The van der Waals surface area contributed by atoms with E-state index in [0.717, 1.165) is 11.5 Å². The van der Waals surface area contributed by atoms with Gasteiger partial charge in [0.1, 0.15) is 5.58 Å². The molecule has 1 N–H and O–H groups in total. The van der Waals surface area contributed by atoms with Crippen LogP contribution in [0.5, 0.6) is 0 Å². The third-order valence-electron chi connectivity index (χ3n) is 3.63. The number of benzene rings is 2. The minimum absolute atomic E-state index is 0.00692. The standard InChI is InChI=1S/C19H15Cl2NO3S/c20-13-3-1-12(2-4-13)11-26-8-7-22-19(24)18-10-16(23)15-9-14(21)5-6-17(15)25-18/h1-6,9-10H,7-8,11H2,(H,22,24). The van der Waals surface area contributed by atoms with E-state index in [4.69, 9.17) is 27.6 Å². The second-order valence-corrected chi connectivity index (χ2v) is 7.53. The summed E-state index contributed by atoms with van der Waals surface area (Å²) in [5, 5.41) is 4.27. The van der Waals surface area contributed by atoms with Crippen molar-refractivity contribution in [3.8, 4) is 0 Å². The summed E-state index contributed by atoms with van der Waals surface area (Å²) in [7, 11) is 0. The molecule has 134 valence electrons. The van der Waals surface area contributed by atoms with Crippen molar-refractivity contribution >= 4 is 51.8 Å². The van der Waals surface area contributed by atoms with Crippen LogP contribution in [0.3, 0.4) is 0 Å².